The number of anilines is 1. The molecule has 7 heteroatoms. The lowest BCUT2D eigenvalue weighted by Crippen LogP contribution is -2.29. The molecule has 0 atom stereocenters. The minimum atomic E-state index is -0.370. The molecule has 0 unspecified atom stereocenters. The van der Waals surface area contributed by atoms with Crippen molar-refractivity contribution in [2.75, 3.05) is 19.5 Å². The number of carbonyl (C=O) groups excluding carboxylic acids is 1. The number of benzene rings is 3. The fourth-order valence-electron chi connectivity index (χ4n) is 4.28. The Kier molecular flexibility index (Phi) is 5.59. The van der Waals surface area contributed by atoms with Gasteiger partial charge in [0.2, 0.25) is 5.91 Å². The van der Waals surface area contributed by atoms with Crippen molar-refractivity contribution in [3.8, 4) is 33.9 Å². The summed E-state index contributed by atoms with van der Waals surface area (Å²) < 4.78 is 11.9. The first-order valence-electron chi connectivity index (χ1n) is 10.9. The number of aromatic nitrogens is 2. The Labute approximate surface area is 196 Å². The van der Waals surface area contributed by atoms with E-state index in [1.54, 1.807) is 38.5 Å². The standard InChI is InChI=1S/C27H23N3O4/c1-33-20-8-11-25(34-2)23(15-20)24-10-12-27(32)30(29-24)16-26(31)28-19-7-9-22-18(14-19)13-17-5-3-4-6-21(17)22/h3-12,14-15H,13,16H2,1-2H3,(H,28,31). The molecule has 34 heavy (non-hydrogen) atoms. The highest BCUT2D eigenvalue weighted by Gasteiger charge is 2.18. The van der Waals surface area contributed by atoms with Gasteiger partial charge in [0.05, 0.1) is 19.9 Å². The molecule has 0 bridgehead atoms. The van der Waals surface area contributed by atoms with E-state index in [2.05, 4.69) is 22.5 Å². The summed E-state index contributed by atoms with van der Waals surface area (Å²) in [6, 6.07) is 22.5. The Morgan fingerprint density at radius 3 is 2.56 bits per heavy atom. The first-order valence-corrected chi connectivity index (χ1v) is 10.9. The Hall–Kier alpha value is -4.39. The van der Waals surface area contributed by atoms with E-state index in [-0.39, 0.29) is 18.0 Å². The second-order valence-corrected chi connectivity index (χ2v) is 8.03. The molecular formula is C27H23N3O4. The molecule has 0 aliphatic heterocycles. The maximum atomic E-state index is 12.8. The van der Waals surface area contributed by atoms with Gasteiger partial charge in [-0.2, -0.15) is 5.10 Å². The summed E-state index contributed by atoms with van der Waals surface area (Å²) in [5.41, 5.74) is 6.35. The smallest absolute Gasteiger partial charge is 0.267 e. The lowest BCUT2D eigenvalue weighted by molar-refractivity contribution is -0.117. The summed E-state index contributed by atoms with van der Waals surface area (Å²) in [6.45, 7) is -0.212. The molecule has 5 rings (SSSR count). The van der Waals surface area contributed by atoms with Crippen molar-refractivity contribution in [1.29, 1.82) is 0 Å². The van der Waals surface area contributed by atoms with Crippen molar-refractivity contribution in [2.24, 2.45) is 0 Å². The van der Waals surface area contributed by atoms with Gasteiger partial charge in [0, 0.05) is 17.3 Å². The third kappa shape index (κ3) is 4.03. The van der Waals surface area contributed by atoms with Crippen LogP contribution in [-0.2, 0) is 17.8 Å². The molecule has 3 aromatic carbocycles. The van der Waals surface area contributed by atoms with E-state index in [1.807, 2.05) is 30.3 Å². The summed E-state index contributed by atoms with van der Waals surface area (Å²) in [7, 11) is 3.13. The number of methoxy groups -OCH3 is 2. The van der Waals surface area contributed by atoms with Gasteiger partial charge in [-0.05, 0) is 65.1 Å². The van der Waals surface area contributed by atoms with Crippen LogP contribution in [0.25, 0.3) is 22.4 Å². The van der Waals surface area contributed by atoms with Gasteiger partial charge in [0.15, 0.2) is 0 Å². The second-order valence-electron chi connectivity index (χ2n) is 8.03. The van der Waals surface area contributed by atoms with Gasteiger partial charge in [-0.15, -0.1) is 0 Å². The summed E-state index contributed by atoms with van der Waals surface area (Å²) in [4.78, 5) is 25.2. The maximum absolute atomic E-state index is 12.8. The number of rotatable bonds is 6. The molecule has 7 nitrogen and oxygen atoms in total. The number of fused-ring (bicyclic) bond motifs is 3. The summed E-state index contributed by atoms with van der Waals surface area (Å²) in [6.07, 6.45) is 0.834. The fraction of sp³-hybridized carbons (Fsp3) is 0.148. The van der Waals surface area contributed by atoms with Crippen LogP contribution in [0.2, 0.25) is 0 Å². The Morgan fingerprint density at radius 1 is 0.912 bits per heavy atom. The maximum Gasteiger partial charge on any atom is 0.267 e. The van der Waals surface area contributed by atoms with E-state index in [9.17, 15) is 9.59 Å². The van der Waals surface area contributed by atoms with Gasteiger partial charge in [0.1, 0.15) is 18.0 Å². The lowest BCUT2D eigenvalue weighted by Gasteiger charge is -2.12. The average molecular weight is 453 g/mol. The number of nitrogens with one attached hydrogen (secondary N) is 1. The third-order valence-corrected chi connectivity index (χ3v) is 5.92. The monoisotopic (exact) mass is 453 g/mol. The van der Waals surface area contributed by atoms with E-state index >= 15 is 0 Å². The van der Waals surface area contributed by atoms with Crippen LogP contribution in [0.15, 0.2) is 77.6 Å². The number of ether oxygens (including phenoxy) is 2. The van der Waals surface area contributed by atoms with Crippen molar-refractivity contribution in [3.63, 3.8) is 0 Å². The summed E-state index contributed by atoms with van der Waals surface area (Å²) in [5, 5.41) is 7.29. The third-order valence-electron chi connectivity index (χ3n) is 5.92. The summed E-state index contributed by atoms with van der Waals surface area (Å²) in [5.74, 6) is 0.883. The van der Waals surface area contributed by atoms with Crippen molar-refractivity contribution >= 4 is 11.6 Å². The first-order chi connectivity index (χ1) is 16.6. The van der Waals surface area contributed by atoms with Crippen LogP contribution < -0.4 is 20.3 Å². The summed E-state index contributed by atoms with van der Waals surface area (Å²) >= 11 is 0. The van der Waals surface area contributed by atoms with Gasteiger partial charge >= 0.3 is 0 Å². The predicted octanol–water partition coefficient (Wildman–Crippen LogP) is 4.14. The van der Waals surface area contributed by atoms with Crippen molar-refractivity contribution in [1.82, 2.24) is 9.78 Å². The zero-order valence-corrected chi connectivity index (χ0v) is 18.9. The van der Waals surface area contributed by atoms with E-state index < -0.39 is 0 Å². The van der Waals surface area contributed by atoms with Crippen molar-refractivity contribution < 1.29 is 14.3 Å². The SMILES string of the molecule is COc1ccc(OC)c(-c2ccc(=O)n(CC(=O)Nc3ccc4c(c3)Cc3ccccc3-4)n2)c1. The minimum Gasteiger partial charge on any atom is -0.497 e. The molecule has 0 saturated carbocycles. The van der Waals surface area contributed by atoms with Crippen molar-refractivity contribution in [2.45, 2.75) is 13.0 Å². The van der Waals surface area contributed by atoms with Crippen LogP contribution >= 0.6 is 0 Å². The lowest BCUT2D eigenvalue weighted by atomic mass is 10.1. The number of hydrogen-bond donors (Lipinski definition) is 1. The molecule has 1 aromatic heterocycles. The number of nitrogens with zero attached hydrogens (tertiary/aromatic N) is 2. The molecule has 0 fully saturated rings. The molecular weight excluding hydrogens is 430 g/mol. The van der Waals surface area contributed by atoms with E-state index in [1.165, 1.54) is 28.3 Å². The molecule has 0 spiro atoms. The normalized spacial score (nSPS) is 11.5. The number of hydrogen-bond acceptors (Lipinski definition) is 5. The van der Waals surface area contributed by atoms with Gasteiger partial charge in [-0.25, -0.2) is 4.68 Å². The molecule has 1 amide bonds. The van der Waals surface area contributed by atoms with E-state index in [0.29, 0.717) is 28.4 Å². The molecule has 170 valence electrons. The zero-order chi connectivity index (χ0) is 23.7. The Bertz CT molecular complexity index is 1460. The van der Waals surface area contributed by atoms with Crippen LogP contribution in [0.4, 0.5) is 5.69 Å². The number of amides is 1. The van der Waals surface area contributed by atoms with Crippen molar-refractivity contribution in [3.05, 3.63) is 94.3 Å². The molecule has 1 heterocycles. The molecule has 4 aromatic rings. The van der Waals surface area contributed by atoms with Crippen LogP contribution in [0.3, 0.4) is 0 Å². The van der Waals surface area contributed by atoms with E-state index in [4.69, 9.17) is 9.47 Å². The zero-order valence-electron chi connectivity index (χ0n) is 18.9. The quantitative estimate of drug-likeness (QED) is 0.418. The highest BCUT2D eigenvalue weighted by molar-refractivity contribution is 5.91. The van der Waals surface area contributed by atoms with Crippen LogP contribution in [0.1, 0.15) is 11.1 Å². The largest absolute Gasteiger partial charge is 0.497 e. The minimum absolute atomic E-state index is 0.212. The van der Waals surface area contributed by atoms with Gasteiger partial charge in [-0.3, -0.25) is 9.59 Å². The molecule has 0 saturated heterocycles. The van der Waals surface area contributed by atoms with E-state index in [0.717, 1.165) is 11.1 Å². The van der Waals surface area contributed by atoms with Gasteiger partial charge in [0.25, 0.3) is 5.56 Å². The van der Waals surface area contributed by atoms with Gasteiger partial charge < -0.3 is 14.8 Å². The van der Waals surface area contributed by atoms with Crippen LogP contribution in [-0.4, -0.2) is 29.9 Å². The van der Waals surface area contributed by atoms with Gasteiger partial charge in [-0.1, -0.05) is 30.3 Å². The Morgan fingerprint density at radius 2 is 1.74 bits per heavy atom. The second kappa shape index (κ2) is 8.86. The first kappa shape index (κ1) is 21.5. The van der Waals surface area contributed by atoms with Crippen LogP contribution in [0, 0.1) is 0 Å². The molecule has 1 aliphatic carbocycles. The molecule has 1 aliphatic rings. The van der Waals surface area contributed by atoms with Crippen LogP contribution in [0.5, 0.6) is 11.5 Å². The Balaban J connectivity index is 1.36. The highest BCUT2D eigenvalue weighted by atomic mass is 16.5. The topological polar surface area (TPSA) is 82.5 Å². The highest BCUT2D eigenvalue weighted by Crippen LogP contribution is 2.37. The molecule has 0 radical (unpaired) electrons. The number of carbonyl (C=O) groups is 1. The fourth-order valence-corrected chi connectivity index (χ4v) is 4.28. The average Bonchev–Trinajstić information content (AvgIpc) is 3.22. The molecule has 1 N–H and O–H groups in total. The predicted molar refractivity (Wildman–Crippen MR) is 130 cm³/mol.